The molecule has 7 heteroatoms. The average molecular weight is 543 g/mol. The molecule has 6 rings (SSSR count). The molecule has 0 aliphatic carbocycles. The second-order valence-electron chi connectivity index (χ2n) is 10.2. The lowest BCUT2D eigenvalue weighted by atomic mass is 9.99. The molecule has 41 heavy (non-hydrogen) atoms. The van der Waals surface area contributed by atoms with E-state index in [4.69, 9.17) is 14.5 Å². The van der Waals surface area contributed by atoms with Crippen molar-refractivity contribution < 1.29 is 14.3 Å². The number of pyridine rings is 1. The third kappa shape index (κ3) is 5.90. The van der Waals surface area contributed by atoms with Crippen molar-refractivity contribution in [1.29, 1.82) is 5.26 Å². The van der Waals surface area contributed by atoms with Crippen LogP contribution in [0.25, 0.3) is 39.2 Å². The standard InChI is InChI=1S/C34H30N4O3/c1-24(39)26-5-7-27(8-6-26)32-20-30(29-4-2-3-25(19-29)21-35)22-38-23-33(36-34(32)38)28-9-11-31(12-10-28)41-18-15-37-13-16-40-17-14-37/h2-12,19-20,22-23H,13-18H2,1H3. The number of morpholine rings is 1. The van der Waals surface area contributed by atoms with E-state index >= 15 is 0 Å². The largest absolute Gasteiger partial charge is 0.492 e. The number of aromatic nitrogens is 2. The van der Waals surface area contributed by atoms with Gasteiger partial charge in [-0.2, -0.15) is 5.26 Å². The predicted molar refractivity (Wildman–Crippen MR) is 159 cm³/mol. The van der Waals surface area contributed by atoms with Gasteiger partial charge in [-0.1, -0.05) is 36.4 Å². The summed E-state index contributed by atoms with van der Waals surface area (Å²) in [6.45, 7) is 6.55. The summed E-state index contributed by atoms with van der Waals surface area (Å²) < 4.78 is 13.4. The smallest absolute Gasteiger partial charge is 0.159 e. The van der Waals surface area contributed by atoms with Gasteiger partial charge in [0.05, 0.1) is 30.5 Å². The number of ether oxygens (including phenoxy) is 2. The minimum Gasteiger partial charge on any atom is -0.492 e. The van der Waals surface area contributed by atoms with Gasteiger partial charge in [-0.3, -0.25) is 9.69 Å². The normalized spacial score (nSPS) is 13.7. The maximum Gasteiger partial charge on any atom is 0.159 e. The van der Waals surface area contributed by atoms with Crippen molar-refractivity contribution in [2.45, 2.75) is 6.92 Å². The monoisotopic (exact) mass is 542 g/mol. The Bertz CT molecular complexity index is 1730. The number of imidazole rings is 1. The molecule has 0 saturated carbocycles. The average Bonchev–Trinajstić information content (AvgIpc) is 3.46. The first-order valence-corrected chi connectivity index (χ1v) is 13.8. The van der Waals surface area contributed by atoms with Crippen molar-refractivity contribution in [3.05, 3.63) is 102 Å². The SMILES string of the molecule is CC(=O)c1ccc(-c2cc(-c3cccc(C#N)c3)cn3cc(-c4ccc(OCCN5CCOCC5)cc4)nc23)cc1. The molecule has 0 N–H and O–H groups in total. The molecule has 5 aromatic rings. The number of nitriles is 1. The van der Waals surface area contributed by atoms with E-state index in [1.165, 1.54) is 0 Å². The Morgan fingerprint density at radius 2 is 1.68 bits per heavy atom. The number of hydrogen-bond donors (Lipinski definition) is 0. The fourth-order valence-corrected chi connectivity index (χ4v) is 5.10. The van der Waals surface area contributed by atoms with E-state index in [-0.39, 0.29) is 5.78 Å². The van der Waals surface area contributed by atoms with Crippen LogP contribution in [0.5, 0.6) is 5.75 Å². The summed E-state index contributed by atoms with van der Waals surface area (Å²) in [6, 6.07) is 27.5. The van der Waals surface area contributed by atoms with Gasteiger partial charge in [-0.25, -0.2) is 4.98 Å². The Morgan fingerprint density at radius 3 is 2.41 bits per heavy atom. The quantitative estimate of drug-likeness (QED) is 0.220. The fourth-order valence-electron chi connectivity index (χ4n) is 5.10. The molecule has 1 saturated heterocycles. The summed E-state index contributed by atoms with van der Waals surface area (Å²) in [4.78, 5) is 19.2. The molecule has 3 aromatic carbocycles. The van der Waals surface area contributed by atoms with Crippen LogP contribution in [0, 0.1) is 11.3 Å². The summed E-state index contributed by atoms with van der Waals surface area (Å²) >= 11 is 0. The van der Waals surface area contributed by atoms with Crippen molar-refractivity contribution in [3.8, 4) is 45.3 Å². The van der Waals surface area contributed by atoms with Crippen LogP contribution in [0.3, 0.4) is 0 Å². The Balaban J connectivity index is 1.32. The minimum atomic E-state index is 0.0281. The number of carbonyl (C=O) groups is 1. The zero-order valence-electron chi connectivity index (χ0n) is 22.9. The molecule has 0 unspecified atom stereocenters. The van der Waals surface area contributed by atoms with Crippen LogP contribution in [-0.4, -0.2) is 59.5 Å². The van der Waals surface area contributed by atoms with Crippen LogP contribution < -0.4 is 4.74 Å². The molecule has 0 bridgehead atoms. The molecule has 1 aliphatic heterocycles. The van der Waals surface area contributed by atoms with E-state index in [0.29, 0.717) is 17.7 Å². The van der Waals surface area contributed by atoms with Crippen molar-refractivity contribution in [1.82, 2.24) is 14.3 Å². The molecule has 3 heterocycles. The van der Waals surface area contributed by atoms with Gasteiger partial charge in [0, 0.05) is 48.7 Å². The van der Waals surface area contributed by atoms with E-state index in [2.05, 4.69) is 17.0 Å². The number of carbonyl (C=O) groups excluding carboxylic acids is 1. The van der Waals surface area contributed by atoms with Crippen LogP contribution in [-0.2, 0) is 4.74 Å². The number of fused-ring (bicyclic) bond motifs is 1. The second-order valence-corrected chi connectivity index (χ2v) is 10.2. The molecule has 0 spiro atoms. The molecule has 204 valence electrons. The number of ketones is 1. The third-order valence-corrected chi connectivity index (χ3v) is 7.41. The number of hydrogen-bond acceptors (Lipinski definition) is 6. The zero-order valence-corrected chi connectivity index (χ0v) is 22.9. The van der Waals surface area contributed by atoms with E-state index in [9.17, 15) is 10.1 Å². The lowest BCUT2D eigenvalue weighted by molar-refractivity contribution is 0.0322. The van der Waals surface area contributed by atoms with Crippen LogP contribution in [0.2, 0.25) is 0 Å². The summed E-state index contributed by atoms with van der Waals surface area (Å²) in [5.74, 6) is 0.858. The first kappa shape index (κ1) is 26.5. The maximum atomic E-state index is 11.9. The number of benzene rings is 3. The lowest BCUT2D eigenvalue weighted by Crippen LogP contribution is -2.38. The molecule has 0 atom stereocenters. The second kappa shape index (κ2) is 11.8. The number of nitrogens with zero attached hydrogens (tertiary/aromatic N) is 4. The molecule has 2 aromatic heterocycles. The van der Waals surface area contributed by atoms with Crippen LogP contribution in [0.15, 0.2) is 91.3 Å². The molecule has 1 aliphatic rings. The van der Waals surface area contributed by atoms with Gasteiger partial charge in [-0.05, 0) is 66.1 Å². The summed E-state index contributed by atoms with van der Waals surface area (Å²) in [5.41, 5.74) is 7.71. The van der Waals surface area contributed by atoms with Crippen molar-refractivity contribution in [2.75, 3.05) is 39.5 Å². The van der Waals surface area contributed by atoms with Crippen molar-refractivity contribution >= 4 is 11.4 Å². The van der Waals surface area contributed by atoms with Gasteiger partial charge in [0.25, 0.3) is 0 Å². The molecule has 0 amide bonds. The highest BCUT2D eigenvalue weighted by Gasteiger charge is 2.14. The van der Waals surface area contributed by atoms with Gasteiger partial charge >= 0.3 is 0 Å². The summed E-state index contributed by atoms with van der Waals surface area (Å²) in [5, 5.41) is 9.43. The highest BCUT2D eigenvalue weighted by Crippen LogP contribution is 2.33. The number of rotatable bonds is 8. The Labute approximate surface area is 239 Å². The van der Waals surface area contributed by atoms with Gasteiger partial charge in [-0.15, -0.1) is 0 Å². The zero-order chi connectivity index (χ0) is 28.2. The molecule has 0 radical (unpaired) electrons. The van der Waals surface area contributed by atoms with Gasteiger partial charge < -0.3 is 13.9 Å². The van der Waals surface area contributed by atoms with Crippen molar-refractivity contribution in [2.24, 2.45) is 0 Å². The summed E-state index contributed by atoms with van der Waals surface area (Å²) in [7, 11) is 0. The lowest BCUT2D eigenvalue weighted by Gasteiger charge is -2.26. The highest BCUT2D eigenvalue weighted by molar-refractivity contribution is 5.95. The van der Waals surface area contributed by atoms with Gasteiger partial charge in [0.1, 0.15) is 18.0 Å². The third-order valence-electron chi connectivity index (χ3n) is 7.41. The minimum absolute atomic E-state index is 0.0281. The van der Waals surface area contributed by atoms with E-state index in [1.807, 2.05) is 83.5 Å². The first-order chi connectivity index (χ1) is 20.1. The Hall–Kier alpha value is -4.77. The maximum absolute atomic E-state index is 11.9. The Morgan fingerprint density at radius 1 is 0.927 bits per heavy atom. The predicted octanol–water partition coefficient (Wildman–Crippen LogP) is 6.12. The number of Topliss-reactive ketones (excluding diaryl/α,β-unsaturated/α-hetero) is 1. The Kier molecular flexibility index (Phi) is 7.59. The van der Waals surface area contributed by atoms with E-state index in [0.717, 1.165) is 77.8 Å². The van der Waals surface area contributed by atoms with Gasteiger partial charge in [0.2, 0.25) is 0 Å². The molecular weight excluding hydrogens is 512 g/mol. The summed E-state index contributed by atoms with van der Waals surface area (Å²) in [6.07, 6.45) is 4.06. The van der Waals surface area contributed by atoms with Crippen LogP contribution in [0.4, 0.5) is 0 Å². The highest BCUT2D eigenvalue weighted by atomic mass is 16.5. The molecule has 1 fully saturated rings. The van der Waals surface area contributed by atoms with Crippen LogP contribution in [0.1, 0.15) is 22.8 Å². The molecule has 7 nitrogen and oxygen atoms in total. The fraction of sp³-hybridized carbons (Fsp3) is 0.206. The van der Waals surface area contributed by atoms with E-state index in [1.54, 1.807) is 13.0 Å². The first-order valence-electron chi connectivity index (χ1n) is 13.8. The van der Waals surface area contributed by atoms with Gasteiger partial charge in [0.15, 0.2) is 5.78 Å². The van der Waals surface area contributed by atoms with E-state index < -0.39 is 0 Å². The topological polar surface area (TPSA) is 79.9 Å². The van der Waals surface area contributed by atoms with Crippen LogP contribution >= 0.6 is 0 Å². The molecular formula is C34H30N4O3. The van der Waals surface area contributed by atoms with Crippen molar-refractivity contribution in [3.63, 3.8) is 0 Å².